The summed E-state index contributed by atoms with van der Waals surface area (Å²) >= 11 is 3.61. The number of imidazole rings is 1. The van der Waals surface area contributed by atoms with Crippen LogP contribution in [0.1, 0.15) is 58.2 Å². The third-order valence-corrected chi connectivity index (χ3v) is 8.66. The average molecular weight is 650 g/mol. The van der Waals surface area contributed by atoms with Crippen LogP contribution in [0.2, 0.25) is 0 Å². The zero-order valence-corrected chi connectivity index (χ0v) is 25.2. The van der Waals surface area contributed by atoms with Crippen LogP contribution in [-0.4, -0.2) is 63.3 Å². The van der Waals surface area contributed by atoms with Gasteiger partial charge in [0.15, 0.2) is 0 Å². The van der Waals surface area contributed by atoms with Gasteiger partial charge >= 0.3 is 12.0 Å². The van der Waals surface area contributed by atoms with Gasteiger partial charge in [-0.3, -0.25) is 4.90 Å². The summed E-state index contributed by atoms with van der Waals surface area (Å²) in [5.41, 5.74) is 3.66. The number of rotatable bonds is 9. The normalized spacial score (nSPS) is 17.4. The fourth-order valence-electron chi connectivity index (χ4n) is 5.54. The number of carbonyl (C=O) groups excluding carboxylic acids is 1. The Morgan fingerprint density at radius 1 is 1.19 bits per heavy atom. The quantitative estimate of drug-likeness (QED) is 0.228. The van der Waals surface area contributed by atoms with Crippen LogP contribution < -0.4 is 4.74 Å². The predicted molar refractivity (Wildman–Crippen MR) is 158 cm³/mol. The van der Waals surface area contributed by atoms with E-state index in [9.17, 15) is 9.18 Å². The minimum absolute atomic E-state index is 0.0242. The monoisotopic (exact) mass is 648 g/mol. The minimum Gasteiger partial charge on any atom is -0.465 e. The van der Waals surface area contributed by atoms with Gasteiger partial charge in [-0.05, 0) is 78.6 Å². The molecule has 0 radical (unpaired) electrons. The summed E-state index contributed by atoms with van der Waals surface area (Å²) in [6.45, 7) is 3.80. The number of carbonyl (C=O) groups is 1. The Hall–Kier alpha value is -3.92. The number of halogens is 2. The van der Waals surface area contributed by atoms with Crippen molar-refractivity contribution < 1.29 is 23.4 Å². The summed E-state index contributed by atoms with van der Waals surface area (Å²) < 4.78 is 33.6. The summed E-state index contributed by atoms with van der Waals surface area (Å²) in [5.74, 6) is 0.290. The smallest absolute Gasteiger partial charge is 0.337 e. The Labute approximate surface area is 256 Å². The number of likely N-dealkylation sites (tertiary alicyclic amines) is 1. The molecule has 2 aromatic heterocycles. The molecular formula is C31H30BrFN6O4. The van der Waals surface area contributed by atoms with Crippen LogP contribution in [0.3, 0.4) is 0 Å². The van der Waals surface area contributed by atoms with Crippen molar-refractivity contribution in [1.29, 1.82) is 5.26 Å². The Morgan fingerprint density at radius 2 is 2.00 bits per heavy atom. The molecule has 2 saturated heterocycles. The van der Waals surface area contributed by atoms with Gasteiger partial charge in [0.2, 0.25) is 0 Å². The number of aromatic nitrogens is 4. The number of ether oxygens (including phenoxy) is 3. The Bertz CT molecular complexity index is 1690. The summed E-state index contributed by atoms with van der Waals surface area (Å²) in [6, 6.07) is 11.9. The van der Waals surface area contributed by atoms with E-state index in [0.29, 0.717) is 24.2 Å². The van der Waals surface area contributed by atoms with E-state index in [-0.39, 0.29) is 30.2 Å². The van der Waals surface area contributed by atoms with E-state index in [4.69, 9.17) is 24.5 Å². The lowest BCUT2D eigenvalue weighted by molar-refractivity contribution is -0.0592. The number of esters is 1. The second kappa shape index (κ2) is 12.8. The lowest BCUT2D eigenvalue weighted by Gasteiger charge is -2.32. The third kappa shape index (κ3) is 6.39. The molecule has 2 aromatic carbocycles. The first-order valence-electron chi connectivity index (χ1n) is 14.2. The van der Waals surface area contributed by atoms with Crippen molar-refractivity contribution in [3.8, 4) is 12.1 Å². The van der Waals surface area contributed by atoms with Crippen LogP contribution in [-0.2, 0) is 29.2 Å². The van der Waals surface area contributed by atoms with Crippen LogP contribution in [0.15, 0.2) is 47.1 Å². The SMILES string of the molecule is COC(=O)c1cc(Br)c2nc(CN3CCC(c4ccnc(OCc5ccc(C#N)cc5F)n4)CC3)n(CC3CCO3)c2c1. The van der Waals surface area contributed by atoms with Crippen LogP contribution >= 0.6 is 15.9 Å². The van der Waals surface area contributed by atoms with Gasteiger partial charge in [-0.1, -0.05) is 6.07 Å². The maximum Gasteiger partial charge on any atom is 0.337 e. The highest BCUT2D eigenvalue weighted by Gasteiger charge is 2.27. The van der Waals surface area contributed by atoms with Gasteiger partial charge in [0, 0.05) is 28.8 Å². The second-order valence-electron chi connectivity index (χ2n) is 10.8. The highest BCUT2D eigenvalue weighted by molar-refractivity contribution is 9.10. The molecule has 1 atom stereocenters. The molecule has 222 valence electrons. The van der Waals surface area contributed by atoms with Gasteiger partial charge in [0.25, 0.3) is 0 Å². The van der Waals surface area contributed by atoms with E-state index in [1.54, 1.807) is 18.3 Å². The van der Waals surface area contributed by atoms with Crippen molar-refractivity contribution in [3.05, 3.63) is 81.1 Å². The topological polar surface area (TPSA) is 115 Å². The van der Waals surface area contributed by atoms with E-state index in [2.05, 4.69) is 35.4 Å². The molecule has 6 rings (SSSR count). The molecule has 0 aliphatic carbocycles. The van der Waals surface area contributed by atoms with Gasteiger partial charge in [0.1, 0.15) is 23.8 Å². The van der Waals surface area contributed by atoms with Gasteiger partial charge in [-0.2, -0.15) is 10.2 Å². The number of fused-ring (bicyclic) bond motifs is 1. The second-order valence-corrected chi connectivity index (χ2v) is 11.6. The summed E-state index contributed by atoms with van der Waals surface area (Å²) in [6.07, 6.45) is 4.61. The number of nitriles is 1. The number of nitrogens with zero attached hydrogens (tertiary/aromatic N) is 6. The van der Waals surface area contributed by atoms with E-state index in [1.807, 2.05) is 18.2 Å². The molecule has 0 amide bonds. The largest absolute Gasteiger partial charge is 0.465 e. The van der Waals surface area contributed by atoms with Gasteiger partial charge in [-0.15, -0.1) is 0 Å². The van der Waals surface area contributed by atoms with Crippen molar-refractivity contribution in [2.45, 2.75) is 51.0 Å². The van der Waals surface area contributed by atoms with Gasteiger partial charge in [0.05, 0.1) is 54.7 Å². The van der Waals surface area contributed by atoms with Crippen molar-refractivity contribution >= 4 is 32.9 Å². The first-order valence-corrected chi connectivity index (χ1v) is 15.0. The molecule has 12 heteroatoms. The molecule has 0 spiro atoms. The first-order chi connectivity index (χ1) is 20.9. The van der Waals surface area contributed by atoms with Crippen LogP contribution in [0.5, 0.6) is 6.01 Å². The molecule has 0 saturated carbocycles. The molecule has 1 unspecified atom stereocenters. The fraction of sp³-hybridized carbons (Fsp3) is 0.387. The first kappa shape index (κ1) is 29.2. The van der Waals surface area contributed by atoms with Gasteiger partial charge < -0.3 is 18.8 Å². The summed E-state index contributed by atoms with van der Waals surface area (Å²) in [5, 5.41) is 8.94. The van der Waals surface area contributed by atoms with Crippen molar-refractivity contribution in [2.75, 3.05) is 26.8 Å². The van der Waals surface area contributed by atoms with Crippen molar-refractivity contribution in [3.63, 3.8) is 0 Å². The molecule has 2 aliphatic rings. The molecule has 4 aromatic rings. The minimum atomic E-state index is -0.493. The number of hydrogen-bond donors (Lipinski definition) is 0. The molecule has 0 N–H and O–H groups in total. The Balaban J connectivity index is 1.12. The van der Waals surface area contributed by atoms with E-state index >= 15 is 0 Å². The molecule has 2 fully saturated rings. The number of methoxy groups -OCH3 is 1. The average Bonchev–Trinajstić information content (AvgIpc) is 3.35. The Kier molecular flexibility index (Phi) is 8.65. The maximum atomic E-state index is 14.2. The molecule has 2 aliphatic heterocycles. The van der Waals surface area contributed by atoms with E-state index in [1.165, 1.54) is 19.2 Å². The number of piperidine rings is 1. The molecule has 4 heterocycles. The molecule has 0 bridgehead atoms. The number of benzene rings is 2. The van der Waals surface area contributed by atoms with Crippen molar-refractivity contribution in [1.82, 2.24) is 24.4 Å². The van der Waals surface area contributed by atoms with E-state index in [0.717, 1.165) is 66.0 Å². The molecule has 43 heavy (non-hydrogen) atoms. The van der Waals surface area contributed by atoms with Crippen LogP contribution in [0.25, 0.3) is 11.0 Å². The molecular weight excluding hydrogens is 619 g/mol. The van der Waals surface area contributed by atoms with Crippen LogP contribution in [0.4, 0.5) is 4.39 Å². The number of hydrogen-bond acceptors (Lipinski definition) is 9. The zero-order chi connectivity index (χ0) is 29.9. The fourth-order valence-corrected chi connectivity index (χ4v) is 6.07. The predicted octanol–water partition coefficient (Wildman–Crippen LogP) is 5.13. The van der Waals surface area contributed by atoms with Gasteiger partial charge in [-0.25, -0.2) is 19.2 Å². The highest BCUT2D eigenvalue weighted by atomic mass is 79.9. The lowest BCUT2D eigenvalue weighted by atomic mass is 9.93. The Morgan fingerprint density at radius 3 is 2.70 bits per heavy atom. The third-order valence-electron chi connectivity index (χ3n) is 8.05. The standard InChI is InChI=1S/C31H30BrFN6O4/c1-41-30(40)22-13-24(32)29-27(14-22)39(16-23-7-11-42-23)28(37-29)17-38-9-5-20(6-10-38)26-4-8-35-31(36-26)43-18-21-3-2-19(15-34)12-25(21)33/h2-4,8,12-14,20,23H,5-7,9-11,16-18H2,1H3. The summed E-state index contributed by atoms with van der Waals surface area (Å²) in [4.78, 5) is 28.5. The van der Waals surface area contributed by atoms with Crippen LogP contribution in [0, 0.1) is 17.1 Å². The zero-order valence-electron chi connectivity index (χ0n) is 23.6. The molecule has 10 nitrogen and oxygen atoms in total. The lowest BCUT2D eigenvalue weighted by Crippen LogP contribution is -2.35. The van der Waals surface area contributed by atoms with E-state index < -0.39 is 11.8 Å². The maximum absolute atomic E-state index is 14.2. The van der Waals surface area contributed by atoms with Crippen molar-refractivity contribution in [2.24, 2.45) is 0 Å². The summed E-state index contributed by atoms with van der Waals surface area (Å²) in [7, 11) is 1.38. The highest BCUT2D eigenvalue weighted by Crippen LogP contribution is 2.31.